The fourth-order valence-corrected chi connectivity index (χ4v) is 3.41. The molecule has 122 valence electrons. The summed E-state index contributed by atoms with van der Waals surface area (Å²) in [6.45, 7) is 5.00. The van der Waals surface area contributed by atoms with E-state index >= 15 is 0 Å². The molecule has 23 heavy (non-hydrogen) atoms. The van der Waals surface area contributed by atoms with E-state index in [1.54, 1.807) is 0 Å². The van der Waals surface area contributed by atoms with E-state index in [0.717, 1.165) is 37.7 Å². The van der Waals surface area contributed by atoms with E-state index in [-0.39, 0.29) is 12.6 Å². The maximum Gasteiger partial charge on any atom is 0.0602 e. The topological polar surface area (TPSA) is 26.7 Å². The summed E-state index contributed by atoms with van der Waals surface area (Å²) in [4.78, 5) is 4.84. The number of benzene rings is 2. The summed E-state index contributed by atoms with van der Waals surface area (Å²) >= 11 is 6.06. The second-order valence-electron chi connectivity index (χ2n) is 5.97. The van der Waals surface area contributed by atoms with Crippen molar-refractivity contribution in [2.75, 3.05) is 39.3 Å². The van der Waals surface area contributed by atoms with Crippen LogP contribution in [0.4, 0.5) is 0 Å². The lowest BCUT2D eigenvalue weighted by Gasteiger charge is -2.39. The van der Waals surface area contributed by atoms with Gasteiger partial charge in [0, 0.05) is 37.7 Å². The Bertz CT molecular complexity index is 595. The Hall–Kier alpha value is -1.39. The molecule has 2 aromatic carbocycles. The molecule has 0 saturated carbocycles. The van der Waals surface area contributed by atoms with Gasteiger partial charge in [0.1, 0.15) is 0 Å². The number of nitrogens with zero attached hydrogens (tertiary/aromatic N) is 2. The average Bonchev–Trinajstić information content (AvgIpc) is 2.60. The summed E-state index contributed by atoms with van der Waals surface area (Å²) in [7, 11) is 0. The quantitative estimate of drug-likeness (QED) is 0.913. The average molecular weight is 331 g/mol. The fourth-order valence-electron chi connectivity index (χ4n) is 3.28. The number of halogens is 1. The maximum absolute atomic E-state index is 9.11. The van der Waals surface area contributed by atoms with Gasteiger partial charge in [0.25, 0.3) is 0 Å². The molecule has 3 rings (SSSR count). The van der Waals surface area contributed by atoms with E-state index in [1.165, 1.54) is 11.1 Å². The number of piperazine rings is 1. The minimum atomic E-state index is 0.235. The lowest BCUT2D eigenvalue weighted by Crippen LogP contribution is -2.48. The van der Waals surface area contributed by atoms with E-state index in [4.69, 9.17) is 16.7 Å². The van der Waals surface area contributed by atoms with Crippen LogP contribution < -0.4 is 0 Å². The molecule has 1 N–H and O–H groups in total. The number of β-amino-alcohol motifs (C(OH)–C–C–N with tert-alkyl or cyclic N) is 1. The monoisotopic (exact) mass is 330 g/mol. The lowest BCUT2D eigenvalue weighted by atomic mass is 9.96. The van der Waals surface area contributed by atoms with Crippen LogP contribution in [0.15, 0.2) is 54.6 Å². The smallest absolute Gasteiger partial charge is 0.0602 e. The first kappa shape index (κ1) is 16.5. The molecule has 1 saturated heterocycles. The molecule has 0 aromatic heterocycles. The van der Waals surface area contributed by atoms with Gasteiger partial charge in [-0.15, -0.1) is 0 Å². The Morgan fingerprint density at radius 3 is 2.09 bits per heavy atom. The van der Waals surface area contributed by atoms with Crippen molar-refractivity contribution >= 4 is 11.6 Å². The summed E-state index contributed by atoms with van der Waals surface area (Å²) in [5.74, 6) is 0. The Labute approximate surface area is 143 Å². The van der Waals surface area contributed by atoms with Crippen LogP contribution in [0.3, 0.4) is 0 Å². The van der Waals surface area contributed by atoms with Crippen LogP contribution in [0.5, 0.6) is 0 Å². The first-order valence-corrected chi connectivity index (χ1v) is 8.53. The molecular formula is C19H23ClN2O. The van der Waals surface area contributed by atoms with Gasteiger partial charge in [0.15, 0.2) is 0 Å². The highest BCUT2D eigenvalue weighted by molar-refractivity contribution is 6.30. The molecule has 0 bridgehead atoms. The minimum absolute atomic E-state index is 0.235. The van der Waals surface area contributed by atoms with E-state index < -0.39 is 0 Å². The van der Waals surface area contributed by atoms with Gasteiger partial charge in [-0.25, -0.2) is 0 Å². The Kier molecular flexibility index (Phi) is 5.68. The molecule has 1 fully saturated rings. The summed E-state index contributed by atoms with van der Waals surface area (Å²) in [6.07, 6.45) is 0. The highest BCUT2D eigenvalue weighted by Gasteiger charge is 2.26. The van der Waals surface area contributed by atoms with Crippen molar-refractivity contribution in [3.63, 3.8) is 0 Å². The first-order chi connectivity index (χ1) is 11.3. The molecule has 3 nitrogen and oxygen atoms in total. The standard InChI is InChI=1S/C19H23ClN2O/c20-18-8-6-17(7-9-18)19(16-4-2-1-3-5-16)22-12-10-21(11-13-22)14-15-23/h1-9,19,23H,10-15H2/t19-/m1/s1. The van der Waals surface area contributed by atoms with Gasteiger partial charge in [-0.3, -0.25) is 9.80 Å². The van der Waals surface area contributed by atoms with Crippen LogP contribution >= 0.6 is 11.6 Å². The highest BCUT2D eigenvalue weighted by atomic mass is 35.5. The van der Waals surface area contributed by atoms with Gasteiger partial charge in [-0.05, 0) is 23.3 Å². The van der Waals surface area contributed by atoms with Crippen LogP contribution in [-0.2, 0) is 0 Å². The zero-order valence-electron chi connectivity index (χ0n) is 13.2. The second-order valence-corrected chi connectivity index (χ2v) is 6.40. The van der Waals surface area contributed by atoms with Crippen LogP contribution in [0.25, 0.3) is 0 Å². The first-order valence-electron chi connectivity index (χ1n) is 8.15. The van der Waals surface area contributed by atoms with E-state index in [1.807, 2.05) is 12.1 Å². The van der Waals surface area contributed by atoms with E-state index in [0.29, 0.717) is 0 Å². The van der Waals surface area contributed by atoms with Crippen molar-refractivity contribution in [2.45, 2.75) is 6.04 Å². The SMILES string of the molecule is OCCN1CCN([C@H](c2ccccc2)c2ccc(Cl)cc2)CC1. The predicted octanol–water partition coefficient (Wildman–Crippen LogP) is 3.04. The van der Waals surface area contributed by atoms with Crippen LogP contribution in [0.2, 0.25) is 5.02 Å². The summed E-state index contributed by atoms with van der Waals surface area (Å²) in [5.41, 5.74) is 2.58. The van der Waals surface area contributed by atoms with Gasteiger partial charge in [-0.2, -0.15) is 0 Å². The molecule has 1 aliphatic rings. The zero-order valence-corrected chi connectivity index (χ0v) is 14.0. The van der Waals surface area contributed by atoms with Crippen molar-refractivity contribution < 1.29 is 5.11 Å². The summed E-state index contributed by atoms with van der Waals surface area (Å²) in [6, 6.07) is 19.1. The molecule has 1 aliphatic heterocycles. The van der Waals surface area contributed by atoms with E-state index in [9.17, 15) is 0 Å². The highest BCUT2D eigenvalue weighted by Crippen LogP contribution is 2.30. The number of aliphatic hydroxyl groups is 1. The number of rotatable bonds is 5. The van der Waals surface area contributed by atoms with Gasteiger partial charge in [0.05, 0.1) is 12.6 Å². The second kappa shape index (κ2) is 7.93. The predicted molar refractivity (Wildman–Crippen MR) is 94.8 cm³/mol. The van der Waals surface area contributed by atoms with Gasteiger partial charge < -0.3 is 5.11 Å². The molecule has 0 spiro atoms. The molecule has 1 atom stereocenters. The third kappa shape index (κ3) is 4.12. The normalized spacial score (nSPS) is 18.0. The van der Waals surface area contributed by atoms with Gasteiger partial charge >= 0.3 is 0 Å². The molecule has 2 aromatic rings. The Morgan fingerprint density at radius 2 is 1.48 bits per heavy atom. The number of hydrogen-bond donors (Lipinski definition) is 1. The fraction of sp³-hybridized carbons (Fsp3) is 0.368. The molecule has 0 unspecified atom stereocenters. The largest absolute Gasteiger partial charge is 0.395 e. The molecular weight excluding hydrogens is 308 g/mol. The van der Waals surface area contributed by atoms with Crippen LogP contribution in [0.1, 0.15) is 17.2 Å². The van der Waals surface area contributed by atoms with Crippen molar-refractivity contribution in [1.29, 1.82) is 0 Å². The van der Waals surface area contributed by atoms with E-state index in [2.05, 4.69) is 52.3 Å². The van der Waals surface area contributed by atoms with Gasteiger partial charge in [-0.1, -0.05) is 54.1 Å². The number of hydrogen-bond acceptors (Lipinski definition) is 3. The molecule has 0 amide bonds. The Morgan fingerprint density at radius 1 is 0.870 bits per heavy atom. The van der Waals surface area contributed by atoms with Crippen LogP contribution in [-0.4, -0.2) is 54.2 Å². The lowest BCUT2D eigenvalue weighted by molar-refractivity contribution is 0.0945. The molecule has 4 heteroatoms. The third-order valence-electron chi connectivity index (χ3n) is 4.49. The molecule has 0 aliphatic carbocycles. The minimum Gasteiger partial charge on any atom is -0.395 e. The van der Waals surface area contributed by atoms with Crippen molar-refractivity contribution in [3.8, 4) is 0 Å². The number of aliphatic hydroxyl groups excluding tert-OH is 1. The molecule has 0 radical (unpaired) electrons. The van der Waals surface area contributed by atoms with Gasteiger partial charge in [0.2, 0.25) is 0 Å². The Balaban J connectivity index is 1.83. The summed E-state index contributed by atoms with van der Waals surface area (Å²) < 4.78 is 0. The van der Waals surface area contributed by atoms with Crippen molar-refractivity contribution in [3.05, 3.63) is 70.7 Å². The maximum atomic E-state index is 9.11. The van der Waals surface area contributed by atoms with Crippen molar-refractivity contribution in [2.24, 2.45) is 0 Å². The van der Waals surface area contributed by atoms with Crippen LogP contribution in [0, 0.1) is 0 Å². The molecule has 1 heterocycles. The zero-order chi connectivity index (χ0) is 16.1. The third-order valence-corrected chi connectivity index (χ3v) is 4.74. The van der Waals surface area contributed by atoms with Crippen molar-refractivity contribution in [1.82, 2.24) is 9.80 Å². The summed E-state index contributed by atoms with van der Waals surface area (Å²) in [5, 5.41) is 9.88.